The Balaban J connectivity index is 1.94. The van der Waals surface area contributed by atoms with Crippen LogP contribution in [-0.4, -0.2) is 56.9 Å². The summed E-state index contributed by atoms with van der Waals surface area (Å²) in [6, 6.07) is 22.0. The molecule has 0 spiro atoms. The summed E-state index contributed by atoms with van der Waals surface area (Å²) in [6.07, 6.45) is 3.54. The van der Waals surface area contributed by atoms with Crippen LogP contribution in [0.3, 0.4) is 0 Å². The van der Waals surface area contributed by atoms with E-state index in [2.05, 4.69) is 31.8 Å². The van der Waals surface area contributed by atoms with Crippen molar-refractivity contribution in [1.82, 2.24) is 9.80 Å². The summed E-state index contributed by atoms with van der Waals surface area (Å²) in [7, 11) is 8.07. The van der Waals surface area contributed by atoms with Crippen LogP contribution in [0.15, 0.2) is 77.3 Å². The van der Waals surface area contributed by atoms with Gasteiger partial charge < -0.3 is 14.5 Å². The van der Waals surface area contributed by atoms with Gasteiger partial charge in [0.05, 0.1) is 5.56 Å². The highest BCUT2D eigenvalue weighted by Crippen LogP contribution is 2.32. The molecule has 0 saturated heterocycles. The van der Waals surface area contributed by atoms with Crippen LogP contribution in [0.5, 0.6) is 5.75 Å². The Bertz CT molecular complexity index is 1120. The fourth-order valence-electron chi connectivity index (χ4n) is 3.49. The van der Waals surface area contributed by atoms with Gasteiger partial charge in [-0.05, 0) is 74.7 Å². The molecule has 3 aromatic carbocycles. The third kappa shape index (κ3) is 7.13. The minimum atomic E-state index is -0.0802. The Morgan fingerprint density at radius 1 is 0.939 bits per heavy atom. The first-order valence-corrected chi connectivity index (χ1v) is 11.8. The molecule has 0 aromatic heterocycles. The molecular formula is C28H31BrN2O2. The van der Waals surface area contributed by atoms with Gasteiger partial charge in [-0.15, -0.1) is 0 Å². The van der Waals surface area contributed by atoms with Crippen molar-refractivity contribution < 1.29 is 9.53 Å². The van der Waals surface area contributed by atoms with Crippen LogP contribution in [0.2, 0.25) is 0 Å². The van der Waals surface area contributed by atoms with Crippen molar-refractivity contribution in [2.75, 3.05) is 41.3 Å². The van der Waals surface area contributed by atoms with Crippen LogP contribution < -0.4 is 4.74 Å². The number of carbonyl (C=O) groups excluding carboxylic acids is 1. The van der Waals surface area contributed by atoms with Gasteiger partial charge in [0.1, 0.15) is 12.4 Å². The average molecular weight is 507 g/mol. The van der Waals surface area contributed by atoms with Crippen molar-refractivity contribution in [2.24, 2.45) is 0 Å². The zero-order valence-corrected chi connectivity index (χ0v) is 21.3. The molecule has 3 rings (SSSR count). The maximum absolute atomic E-state index is 13.3. The number of ketones is 1. The van der Waals surface area contributed by atoms with Gasteiger partial charge in [0.15, 0.2) is 5.78 Å². The molecule has 0 bridgehead atoms. The molecule has 4 nitrogen and oxygen atoms in total. The molecule has 0 saturated carbocycles. The first-order valence-electron chi connectivity index (χ1n) is 11.0. The Morgan fingerprint density at radius 2 is 1.67 bits per heavy atom. The highest BCUT2D eigenvalue weighted by Gasteiger charge is 2.14. The first kappa shape index (κ1) is 24.9. The number of carbonyl (C=O) groups is 1. The van der Waals surface area contributed by atoms with Gasteiger partial charge in [0.25, 0.3) is 0 Å². The van der Waals surface area contributed by atoms with E-state index in [-0.39, 0.29) is 5.78 Å². The summed E-state index contributed by atoms with van der Waals surface area (Å²) in [5, 5.41) is 0. The molecule has 0 aliphatic carbocycles. The standard InChI is InChI=1S/C28H31BrN2O2/c1-30(2)17-18-33-28-16-14-22(24-11-7-8-12-26(24)29)19-25(28)27(32)15-13-21-9-5-6-10-23(21)20-31(3)4/h5-16,19H,17-18,20H2,1-4H3. The topological polar surface area (TPSA) is 32.8 Å². The van der Waals surface area contributed by atoms with Gasteiger partial charge in [-0.3, -0.25) is 4.79 Å². The van der Waals surface area contributed by atoms with Gasteiger partial charge in [0.2, 0.25) is 0 Å². The predicted molar refractivity (Wildman–Crippen MR) is 141 cm³/mol. The summed E-state index contributed by atoms with van der Waals surface area (Å²) in [5.41, 5.74) is 4.77. The molecule has 0 aliphatic rings. The fraction of sp³-hybridized carbons (Fsp3) is 0.250. The van der Waals surface area contributed by atoms with Crippen molar-refractivity contribution in [2.45, 2.75) is 6.54 Å². The predicted octanol–water partition coefficient (Wildman–Crippen LogP) is 6.01. The van der Waals surface area contributed by atoms with Gasteiger partial charge in [0, 0.05) is 17.6 Å². The van der Waals surface area contributed by atoms with Gasteiger partial charge in [-0.2, -0.15) is 0 Å². The van der Waals surface area contributed by atoms with E-state index in [1.54, 1.807) is 6.08 Å². The fourth-order valence-corrected chi connectivity index (χ4v) is 4.00. The molecular weight excluding hydrogens is 476 g/mol. The largest absolute Gasteiger partial charge is 0.491 e. The van der Waals surface area contributed by atoms with Crippen LogP contribution in [0.4, 0.5) is 0 Å². The van der Waals surface area contributed by atoms with Crippen LogP contribution >= 0.6 is 15.9 Å². The molecule has 0 aliphatic heterocycles. The number of nitrogens with zero attached hydrogens (tertiary/aromatic N) is 2. The second-order valence-corrected chi connectivity index (χ2v) is 9.33. The van der Waals surface area contributed by atoms with E-state index >= 15 is 0 Å². The number of benzene rings is 3. The Hall–Kier alpha value is -2.73. The molecule has 0 unspecified atom stereocenters. The summed E-state index contributed by atoms with van der Waals surface area (Å²) in [4.78, 5) is 17.5. The summed E-state index contributed by atoms with van der Waals surface area (Å²) in [6.45, 7) is 2.09. The summed E-state index contributed by atoms with van der Waals surface area (Å²) < 4.78 is 6.99. The molecule has 172 valence electrons. The van der Waals surface area contributed by atoms with E-state index in [1.807, 2.05) is 94.9 Å². The Morgan fingerprint density at radius 3 is 2.39 bits per heavy atom. The first-order chi connectivity index (χ1) is 15.8. The molecule has 0 heterocycles. The number of halogens is 1. The number of ether oxygens (including phenoxy) is 1. The second-order valence-electron chi connectivity index (χ2n) is 8.48. The third-order valence-electron chi connectivity index (χ3n) is 5.18. The summed E-state index contributed by atoms with van der Waals surface area (Å²) >= 11 is 3.62. The van der Waals surface area contributed by atoms with Crippen LogP contribution in [0.25, 0.3) is 17.2 Å². The lowest BCUT2D eigenvalue weighted by atomic mass is 9.99. The lowest BCUT2D eigenvalue weighted by Crippen LogP contribution is -2.20. The molecule has 3 aromatic rings. The highest BCUT2D eigenvalue weighted by molar-refractivity contribution is 9.10. The zero-order chi connectivity index (χ0) is 23.8. The minimum absolute atomic E-state index is 0.0802. The molecule has 0 amide bonds. The number of allylic oxidation sites excluding steroid dienone is 1. The van der Waals surface area contributed by atoms with Crippen molar-refractivity contribution in [3.8, 4) is 16.9 Å². The number of hydrogen-bond donors (Lipinski definition) is 0. The monoisotopic (exact) mass is 506 g/mol. The average Bonchev–Trinajstić information content (AvgIpc) is 2.78. The summed E-state index contributed by atoms with van der Waals surface area (Å²) in [5.74, 6) is 0.521. The highest BCUT2D eigenvalue weighted by atomic mass is 79.9. The van der Waals surface area contributed by atoms with Crippen LogP contribution in [0.1, 0.15) is 21.5 Å². The van der Waals surface area contributed by atoms with Gasteiger partial charge in [-0.1, -0.05) is 70.5 Å². The van der Waals surface area contributed by atoms with E-state index in [0.717, 1.165) is 34.3 Å². The Kier molecular flexibility index (Phi) is 9.01. The maximum atomic E-state index is 13.3. The van der Waals surface area contributed by atoms with E-state index in [4.69, 9.17) is 4.74 Å². The molecule has 0 N–H and O–H groups in total. The Labute approximate surface area is 205 Å². The van der Waals surface area contributed by atoms with Crippen LogP contribution in [-0.2, 0) is 6.54 Å². The number of hydrogen-bond acceptors (Lipinski definition) is 4. The van der Waals surface area contributed by atoms with Crippen LogP contribution in [0, 0.1) is 0 Å². The van der Waals surface area contributed by atoms with E-state index in [1.165, 1.54) is 5.56 Å². The van der Waals surface area contributed by atoms with E-state index in [0.29, 0.717) is 17.9 Å². The SMILES string of the molecule is CN(C)CCOc1ccc(-c2ccccc2Br)cc1C(=O)C=Cc1ccccc1CN(C)C. The quantitative estimate of drug-likeness (QED) is 0.249. The maximum Gasteiger partial charge on any atom is 0.189 e. The van der Waals surface area contributed by atoms with Crippen molar-refractivity contribution in [3.63, 3.8) is 0 Å². The van der Waals surface area contributed by atoms with E-state index in [9.17, 15) is 4.79 Å². The lowest BCUT2D eigenvalue weighted by molar-refractivity contribution is 0.104. The molecule has 0 fully saturated rings. The zero-order valence-electron chi connectivity index (χ0n) is 19.7. The van der Waals surface area contributed by atoms with Gasteiger partial charge in [-0.25, -0.2) is 0 Å². The molecule has 5 heteroatoms. The minimum Gasteiger partial charge on any atom is -0.491 e. The van der Waals surface area contributed by atoms with Crippen molar-refractivity contribution in [1.29, 1.82) is 0 Å². The molecule has 33 heavy (non-hydrogen) atoms. The third-order valence-corrected chi connectivity index (χ3v) is 5.87. The molecule has 0 atom stereocenters. The van der Waals surface area contributed by atoms with Crippen molar-refractivity contribution in [3.05, 3.63) is 94.0 Å². The lowest BCUT2D eigenvalue weighted by Gasteiger charge is -2.15. The van der Waals surface area contributed by atoms with Crippen molar-refractivity contribution >= 4 is 27.8 Å². The second kappa shape index (κ2) is 11.9. The molecule has 0 radical (unpaired) electrons. The van der Waals surface area contributed by atoms with Gasteiger partial charge >= 0.3 is 0 Å². The smallest absolute Gasteiger partial charge is 0.189 e. The number of rotatable bonds is 10. The normalized spacial score (nSPS) is 11.5. The number of likely N-dealkylation sites (N-methyl/N-ethyl adjacent to an activating group) is 1. The van der Waals surface area contributed by atoms with E-state index < -0.39 is 0 Å².